The minimum Gasteiger partial charge on any atom is -0.384 e. The van der Waals surface area contributed by atoms with Crippen molar-refractivity contribution in [1.29, 1.82) is 0 Å². The number of rotatable bonds is 12. The summed E-state index contributed by atoms with van der Waals surface area (Å²) in [6.45, 7) is 2.04. The van der Waals surface area contributed by atoms with E-state index in [0.717, 1.165) is 59.9 Å². The van der Waals surface area contributed by atoms with Crippen LogP contribution in [0.1, 0.15) is 93.1 Å². The summed E-state index contributed by atoms with van der Waals surface area (Å²) < 4.78 is 0. The molecule has 4 aromatic rings. The van der Waals surface area contributed by atoms with Crippen LogP contribution >= 0.6 is 48.0 Å². The number of nitrogens with zero attached hydrogens (tertiary/aromatic N) is 2. The lowest BCUT2D eigenvalue weighted by atomic mass is 9.92. The van der Waals surface area contributed by atoms with Crippen LogP contribution in [0.25, 0.3) is 21.8 Å². The third kappa shape index (κ3) is 8.19. The van der Waals surface area contributed by atoms with E-state index in [9.17, 15) is 0 Å². The largest absolute Gasteiger partial charge is 0.384 e. The van der Waals surface area contributed by atoms with Crippen molar-refractivity contribution in [1.82, 2.24) is 9.97 Å². The number of aromatic nitrogens is 2. The molecule has 2 heterocycles. The van der Waals surface area contributed by atoms with Crippen LogP contribution in [0.5, 0.6) is 0 Å². The molecule has 4 nitrogen and oxygen atoms in total. The van der Waals surface area contributed by atoms with Crippen LogP contribution in [0.3, 0.4) is 0 Å². The number of halogens is 4. The van der Waals surface area contributed by atoms with Crippen molar-refractivity contribution < 1.29 is 0 Å². The smallest absolute Gasteiger partial charge is 0.0741 e. The number of pyridine rings is 2. The molecule has 0 saturated heterocycles. The fraction of sp³-hybridized carbons (Fsp3) is 0.486. The quantitative estimate of drug-likeness (QED) is 0.148. The normalized spacial score (nSPS) is 14.0. The summed E-state index contributed by atoms with van der Waals surface area (Å²) in [6.07, 6.45) is 18.3. The maximum atomic E-state index is 6.28. The van der Waals surface area contributed by atoms with Crippen LogP contribution < -0.4 is 10.6 Å². The molecule has 0 saturated carbocycles. The summed E-state index contributed by atoms with van der Waals surface area (Å²) in [5.41, 5.74) is 10.1. The predicted molar refractivity (Wildman–Crippen MR) is 191 cm³/mol. The lowest BCUT2D eigenvalue weighted by Gasteiger charge is -2.22. The van der Waals surface area contributed by atoms with Gasteiger partial charge in [-0.25, -0.2) is 0 Å². The zero-order valence-electron chi connectivity index (χ0n) is 25.0. The summed E-state index contributed by atoms with van der Waals surface area (Å²) in [6, 6.07) is 12.3. The highest BCUT2D eigenvalue weighted by atomic mass is 35.5. The van der Waals surface area contributed by atoms with E-state index >= 15 is 0 Å². The van der Waals surface area contributed by atoms with Gasteiger partial charge < -0.3 is 10.6 Å². The van der Waals surface area contributed by atoms with Gasteiger partial charge in [0.2, 0.25) is 0 Å². The standard InChI is InChI=1S/C35H42Cl2N4.2ClH/c36-24-16-18-28-32(22-24)40-30-14-8-6-12-26(30)34(28)38-20-10-4-2-1-3-5-11-21-39-35-27-13-7-9-15-31(27)41-33-23-25(37)17-19-29(33)35;;/h16-19,22-23H,1-15,20-21H2,(H,38,40)(H,39,41);2*1H. The molecular formula is C35H44Cl4N4. The zero-order chi connectivity index (χ0) is 28.0. The summed E-state index contributed by atoms with van der Waals surface area (Å²) in [7, 11) is 0. The van der Waals surface area contributed by atoms with Gasteiger partial charge in [0.15, 0.2) is 0 Å². The molecule has 2 aromatic heterocycles. The Kier molecular flexibility index (Phi) is 12.9. The van der Waals surface area contributed by atoms with E-state index in [1.165, 1.54) is 115 Å². The lowest BCUT2D eigenvalue weighted by molar-refractivity contribution is 0.591. The first-order valence-electron chi connectivity index (χ1n) is 15.9. The van der Waals surface area contributed by atoms with E-state index in [1.54, 1.807) is 0 Å². The van der Waals surface area contributed by atoms with Gasteiger partial charge in [0.25, 0.3) is 0 Å². The van der Waals surface area contributed by atoms with Gasteiger partial charge in [-0.15, -0.1) is 24.8 Å². The molecule has 0 atom stereocenters. The number of benzene rings is 2. The Morgan fingerprint density at radius 2 is 0.930 bits per heavy atom. The van der Waals surface area contributed by atoms with Crippen LogP contribution in [0.2, 0.25) is 10.0 Å². The molecule has 2 aliphatic carbocycles. The van der Waals surface area contributed by atoms with E-state index in [4.69, 9.17) is 33.2 Å². The Hall–Kier alpha value is -1.98. The maximum Gasteiger partial charge on any atom is 0.0741 e. The molecule has 2 N–H and O–H groups in total. The molecule has 0 radical (unpaired) electrons. The molecule has 8 heteroatoms. The monoisotopic (exact) mass is 660 g/mol. The number of unbranched alkanes of at least 4 members (excludes halogenated alkanes) is 6. The van der Waals surface area contributed by atoms with E-state index in [-0.39, 0.29) is 24.8 Å². The van der Waals surface area contributed by atoms with Gasteiger partial charge in [-0.3, -0.25) is 9.97 Å². The number of anilines is 2. The van der Waals surface area contributed by atoms with Crippen molar-refractivity contribution in [3.8, 4) is 0 Å². The molecule has 43 heavy (non-hydrogen) atoms. The second kappa shape index (κ2) is 16.4. The van der Waals surface area contributed by atoms with Gasteiger partial charge in [0.1, 0.15) is 0 Å². The summed E-state index contributed by atoms with van der Waals surface area (Å²) in [4.78, 5) is 9.91. The Bertz CT molecular complexity index is 1410. The van der Waals surface area contributed by atoms with Crippen LogP contribution in [-0.2, 0) is 25.7 Å². The molecule has 0 amide bonds. The van der Waals surface area contributed by atoms with Crippen molar-refractivity contribution in [2.75, 3.05) is 23.7 Å². The van der Waals surface area contributed by atoms with Gasteiger partial charge >= 0.3 is 0 Å². The van der Waals surface area contributed by atoms with Crippen molar-refractivity contribution in [2.24, 2.45) is 0 Å². The third-order valence-corrected chi connectivity index (χ3v) is 9.38. The van der Waals surface area contributed by atoms with Crippen molar-refractivity contribution >= 4 is 81.2 Å². The van der Waals surface area contributed by atoms with Crippen molar-refractivity contribution in [3.63, 3.8) is 0 Å². The van der Waals surface area contributed by atoms with E-state index in [1.807, 2.05) is 24.3 Å². The molecule has 6 rings (SSSR count). The maximum absolute atomic E-state index is 6.28. The number of hydrogen-bond acceptors (Lipinski definition) is 4. The first-order valence-corrected chi connectivity index (χ1v) is 16.6. The topological polar surface area (TPSA) is 49.8 Å². The molecule has 2 aliphatic rings. The van der Waals surface area contributed by atoms with Crippen LogP contribution in [0.4, 0.5) is 11.4 Å². The third-order valence-electron chi connectivity index (χ3n) is 8.91. The van der Waals surface area contributed by atoms with E-state index in [2.05, 4.69) is 22.8 Å². The first kappa shape index (κ1) is 33.9. The van der Waals surface area contributed by atoms with Gasteiger partial charge in [0.05, 0.1) is 11.0 Å². The summed E-state index contributed by atoms with van der Waals surface area (Å²) in [5, 5.41) is 11.6. The molecular weight excluding hydrogens is 618 g/mol. The van der Waals surface area contributed by atoms with Crippen LogP contribution in [0.15, 0.2) is 36.4 Å². The predicted octanol–water partition coefficient (Wildman–Crippen LogP) is 10.9. The molecule has 0 spiro atoms. The Balaban J connectivity index is 0.00000212. The van der Waals surface area contributed by atoms with Crippen LogP contribution in [-0.4, -0.2) is 23.1 Å². The molecule has 0 fully saturated rings. The summed E-state index contributed by atoms with van der Waals surface area (Å²) >= 11 is 12.6. The number of fused-ring (bicyclic) bond motifs is 4. The highest BCUT2D eigenvalue weighted by Gasteiger charge is 2.19. The van der Waals surface area contributed by atoms with Gasteiger partial charge in [0, 0.05) is 56.7 Å². The number of hydrogen-bond donors (Lipinski definition) is 2. The number of nitrogens with one attached hydrogen (secondary N) is 2. The Morgan fingerprint density at radius 3 is 1.37 bits per heavy atom. The molecule has 232 valence electrons. The number of aryl methyl sites for hydroxylation is 2. The van der Waals surface area contributed by atoms with Gasteiger partial charge in [-0.2, -0.15) is 0 Å². The van der Waals surface area contributed by atoms with Gasteiger partial charge in [-0.1, -0.05) is 55.3 Å². The molecule has 0 unspecified atom stereocenters. The average Bonchev–Trinajstić information content (AvgIpc) is 2.98. The van der Waals surface area contributed by atoms with E-state index in [0.29, 0.717) is 0 Å². The Morgan fingerprint density at radius 1 is 0.535 bits per heavy atom. The molecule has 0 aliphatic heterocycles. The van der Waals surface area contributed by atoms with Gasteiger partial charge in [-0.05, 0) is 112 Å². The SMILES string of the molecule is Cl.Cl.Clc1ccc2c(NCCCCCCCCCNc3c4c(nc5cc(Cl)ccc35)CCCC4)c3c(nc2c1)CCCC3. The highest BCUT2D eigenvalue weighted by molar-refractivity contribution is 6.31. The van der Waals surface area contributed by atoms with Crippen molar-refractivity contribution in [3.05, 3.63) is 69.0 Å². The second-order valence-electron chi connectivity index (χ2n) is 11.9. The lowest BCUT2D eigenvalue weighted by Crippen LogP contribution is -2.12. The minimum absolute atomic E-state index is 0. The molecule has 2 aromatic carbocycles. The fourth-order valence-corrected chi connectivity index (χ4v) is 7.09. The molecule has 0 bridgehead atoms. The highest BCUT2D eigenvalue weighted by Crippen LogP contribution is 2.36. The summed E-state index contributed by atoms with van der Waals surface area (Å²) in [5.74, 6) is 0. The Labute approximate surface area is 278 Å². The van der Waals surface area contributed by atoms with Crippen LogP contribution in [0, 0.1) is 0 Å². The average molecular weight is 663 g/mol. The zero-order valence-corrected chi connectivity index (χ0v) is 28.1. The van der Waals surface area contributed by atoms with Crippen molar-refractivity contribution in [2.45, 2.75) is 96.3 Å². The first-order chi connectivity index (χ1) is 20.2. The minimum atomic E-state index is 0. The fourth-order valence-electron chi connectivity index (χ4n) is 6.76. The second-order valence-corrected chi connectivity index (χ2v) is 12.8. The van der Waals surface area contributed by atoms with E-state index < -0.39 is 0 Å².